The molecule has 3 N–H and O–H groups in total. The Labute approximate surface area is 134 Å². The number of thioether (sulfide) groups is 1. The molecule has 4 nitrogen and oxygen atoms in total. The predicted octanol–water partition coefficient (Wildman–Crippen LogP) is 2.39. The van der Waals surface area contributed by atoms with E-state index in [4.69, 9.17) is 29.6 Å². The summed E-state index contributed by atoms with van der Waals surface area (Å²) in [5.41, 5.74) is 5.98. The quantitative estimate of drug-likeness (QED) is 0.769. The molecule has 0 aliphatic heterocycles. The Morgan fingerprint density at radius 3 is 2.60 bits per heavy atom. The van der Waals surface area contributed by atoms with Gasteiger partial charge in [0.25, 0.3) is 0 Å². The van der Waals surface area contributed by atoms with Gasteiger partial charge in [-0.05, 0) is 32.2 Å². The van der Waals surface area contributed by atoms with E-state index in [1.54, 1.807) is 17.8 Å². The molecule has 1 aromatic carbocycles. The summed E-state index contributed by atoms with van der Waals surface area (Å²) in [4.78, 5) is 0.115. The molecule has 0 saturated heterocycles. The standard InChI is InChI=1S/C12H17ClN2O2S3/c1-12(2,19-3)7-15-20(16,17)10-6-8(11(14)18)4-5-9(10)13/h4-6,15H,7H2,1-3H3,(H2,14,18). The number of benzene rings is 1. The highest BCUT2D eigenvalue weighted by molar-refractivity contribution is 8.00. The smallest absolute Gasteiger partial charge is 0.242 e. The van der Waals surface area contributed by atoms with Crippen molar-refractivity contribution in [2.24, 2.45) is 5.73 Å². The molecule has 0 aromatic heterocycles. The van der Waals surface area contributed by atoms with Crippen molar-refractivity contribution in [3.8, 4) is 0 Å². The molecule has 0 spiro atoms. The molecule has 1 rings (SSSR count). The van der Waals surface area contributed by atoms with Gasteiger partial charge in [-0.2, -0.15) is 11.8 Å². The number of hydrogen-bond acceptors (Lipinski definition) is 4. The van der Waals surface area contributed by atoms with E-state index in [9.17, 15) is 8.42 Å². The second-order valence-electron chi connectivity index (χ2n) is 4.80. The molecule has 20 heavy (non-hydrogen) atoms. The zero-order chi connectivity index (χ0) is 15.6. The molecular formula is C12H17ClN2O2S3. The normalized spacial score (nSPS) is 12.4. The summed E-state index contributed by atoms with van der Waals surface area (Å²) in [5, 5.41) is 0.138. The lowest BCUT2D eigenvalue weighted by Gasteiger charge is -2.22. The van der Waals surface area contributed by atoms with Crippen LogP contribution < -0.4 is 10.5 Å². The van der Waals surface area contributed by atoms with Gasteiger partial charge in [0.1, 0.15) is 9.88 Å². The largest absolute Gasteiger partial charge is 0.389 e. The third-order valence-electron chi connectivity index (χ3n) is 2.75. The van der Waals surface area contributed by atoms with Crippen LogP contribution in [-0.2, 0) is 10.0 Å². The first-order chi connectivity index (χ1) is 9.09. The number of rotatable bonds is 6. The van der Waals surface area contributed by atoms with Gasteiger partial charge in [0.15, 0.2) is 0 Å². The fourth-order valence-corrected chi connectivity index (χ4v) is 3.45. The van der Waals surface area contributed by atoms with E-state index in [1.165, 1.54) is 12.1 Å². The molecular weight excluding hydrogens is 336 g/mol. The first kappa shape index (κ1) is 17.7. The summed E-state index contributed by atoms with van der Waals surface area (Å²) >= 11 is 12.4. The van der Waals surface area contributed by atoms with Crippen molar-refractivity contribution in [2.45, 2.75) is 23.5 Å². The van der Waals surface area contributed by atoms with E-state index >= 15 is 0 Å². The van der Waals surface area contributed by atoms with Gasteiger partial charge in [-0.15, -0.1) is 0 Å². The summed E-state index contributed by atoms with van der Waals surface area (Å²) in [6.45, 7) is 4.20. The van der Waals surface area contributed by atoms with Crippen molar-refractivity contribution in [3.63, 3.8) is 0 Å². The Hall–Kier alpha value is -0.340. The van der Waals surface area contributed by atoms with Crippen molar-refractivity contribution in [1.82, 2.24) is 4.72 Å². The maximum atomic E-state index is 12.3. The molecule has 112 valence electrons. The third kappa shape index (κ3) is 4.60. The summed E-state index contributed by atoms with van der Waals surface area (Å²) in [7, 11) is -3.70. The fraction of sp³-hybridized carbons (Fsp3) is 0.417. The lowest BCUT2D eigenvalue weighted by atomic mass is 10.2. The van der Waals surface area contributed by atoms with Crippen LogP contribution in [0.25, 0.3) is 0 Å². The Kier molecular flexibility index (Phi) is 5.86. The van der Waals surface area contributed by atoms with Crippen LogP contribution in [0.2, 0.25) is 5.02 Å². The topological polar surface area (TPSA) is 72.2 Å². The molecule has 0 fully saturated rings. The number of halogens is 1. The second kappa shape index (κ2) is 6.62. The maximum Gasteiger partial charge on any atom is 0.242 e. The number of nitrogens with one attached hydrogen (secondary N) is 1. The van der Waals surface area contributed by atoms with Gasteiger partial charge < -0.3 is 5.73 Å². The zero-order valence-corrected chi connectivity index (χ0v) is 14.6. The van der Waals surface area contributed by atoms with Gasteiger partial charge in [-0.1, -0.05) is 29.9 Å². The number of sulfonamides is 1. The van der Waals surface area contributed by atoms with Crippen LogP contribution in [0.15, 0.2) is 23.1 Å². The Morgan fingerprint density at radius 2 is 2.10 bits per heavy atom. The molecule has 0 heterocycles. The van der Waals surface area contributed by atoms with Crippen molar-refractivity contribution in [1.29, 1.82) is 0 Å². The highest BCUT2D eigenvalue weighted by Gasteiger charge is 2.23. The molecule has 0 atom stereocenters. The van der Waals surface area contributed by atoms with Crippen LogP contribution in [-0.4, -0.2) is 31.0 Å². The average Bonchev–Trinajstić information content (AvgIpc) is 2.37. The van der Waals surface area contributed by atoms with Crippen molar-refractivity contribution in [3.05, 3.63) is 28.8 Å². The van der Waals surface area contributed by atoms with Gasteiger partial charge in [0, 0.05) is 16.9 Å². The molecule has 1 aromatic rings. The van der Waals surface area contributed by atoms with Gasteiger partial charge >= 0.3 is 0 Å². The van der Waals surface area contributed by atoms with Gasteiger partial charge in [-0.3, -0.25) is 0 Å². The molecule has 0 radical (unpaired) electrons. The van der Waals surface area contributed by atoms with Crippen molar-refractivity contribution < 1.29 is 8.42 Å². The van der Waals surface area contributed by atoms with E-state index in [0.717, 1.165) is 0 Å². The predicted molar refractivity (Wildman–Crippen MR) is 90.1 cm³/mol. The van der Waals surface area contributed by atoms with Crippen LogP contribution in [0, 0.1) is 0 Å². The van der Waals surface area contributed by atoms with Crippen molar-refractivity contribution >= 4 is 50.6 Å². The molecule has 0 amide bonds. The summed E-state index contributed by atoms with van der Waals surface area (Å²) < 4.78 is 27.0. The number of nitrogens with two attached hydrogens (primary N) is 1. The third-order valence-corrected chi connectivity index (χ3v) is 6.11. The van der Waals surface area contributed by atoms with E-state index in [1.807, 2.05) is 20.1 Å². The Bertz CT molecular complexity index is 615. The molecule has 0 aliphatic rings. The first-order valence-electron chi connectivity index (χ1n) is 5.73. The molecule has 0 bridgehead atoms. The lowest BCUT2D eigenvalue weighted by Crippen LogP contribution is -2.36. The lowest BCUT2D eigenvalue weighted by molar-refractivity contribution is 0.571. The highest BCUT2D eigenvalue weighted by atomic mass is 35.5. The van der Waals surface area contributed by atoms with Crippen LogP contribution in [0.4, 0.5) is 0 Å². The zero-order valence-electron chi connectivity index (χ0n) is 11.4. The summed E-state index contributed by atoms with van der Waals surface area (Å²) in [6.07, 6.45) is 1.93. The van der Waals surface area contributed by atoms with Gasteiger partial charge in [-0.25, -0.2) is 13.1 Å². The fourth-order valence-electron chi connectivity index (χ4n) is 1.28. The van der Waals surface area contributed by atoms with Crippen LogP contribution in [0.5, 0.6) is 0 Å². The number of thiocarbonyl (C=S) groups is 1. The minimum Gasteiger partial charge on any atom is -0.389 e. The van der Waals surface area contributed by atoms with Crippen LogP contribution in [0.1, 0.15) is 19.4 Å². The van der Waals surface area contributed by atoms with Crippen LogP contribution in [0.3, 0.4) is 0 Å². The van der Waals surface area contributed by atoms with E-state index in [0.29, 0.717) is 12.1 Å². The minimum absolute atomic E-state index is 0.0126. The monoisotopic (exact) mass is 352 g/mol. The summed E-state index contributed by atoms with van der Waals surface area (Å²) in [5.74, 6) is 0. The van der Waals surface area contributed by atoms with Gasteiger partial charge in [0.05, 0.1) is 5.02 Å². The first-order valence-corrected chi connectivity index (χ1v) is 9.22. The second-order valence-corrected chi connectivity index (χ2v) is 8.89. The molecule has 0 saturated carbocycles. The minimum atomic E-state index is -3.70. The van der Waals surface area contributed by atoms with Crippen LogP contribution >= 0.6 is 35.6 Å². The molecule has 0 aliphatic carbocycles. The van der Waals surface area contributed by atoms with Crippen molar-refractivity contribution in [2.75, 3.05) is 12.8 Å². The summed E-state index contributed by atoms with van der Waals surface area (Å²) in [6, 6.07) is 4.46. The van der Waals surface area contributed by atoms with E-state index in [-0.39, 0.29) is 19.7 Å². The molecule has 8 heteroatoms. The highest BCUT2D eigenvalue weighted by Crippen LogP contribution is 2.24. The Morgan fingerprint density at radius 1 is 1.50 bits per heavy atom. The number of hydrogen-bond donors (Lipinski definition) is 2. The van der Waals surface area contributed by atoms with E-state index < -0.39 is 10.0 Å². The van der Waals surface area contributed by atoms with E-state index in [2.05, 4.69) is 4.72 Å². The maximum absolute atomic E-state index is 12.3. The Balaban J connectivity index is 3.09. The average molecular weight is 353 g/mol. The molecule has 0 unspecified atom stereocenters. The van der Waals surface area contributed by atoms with Gasteiger partial charge in [0.2, 0.25) is 10.0 Å². The SMILES string of the molecule is CSC(C)(C)CNS(=O)(=O)c1cc(C(N)=S)ccc1Cl.